The molecule has 4 nitrogen and oxygen atoms in total. The van der Waals surface area contributed by atoms with Crippen LogP contribution in [-0.4, -0.2) is 14.5 Å². The number of para-hydroxylation sites is 1. The zero-order valence-electron chi connectivity index (χ0n) is 10.7. The summed E-state index contributed by atoms with van der Waals surface area (Å²) in [5.41, 5.74) is 3.94. The molecule has 0 aliphatic rings. The third kappa shape index (κ3) is 2.00. The lowest BCUT2D eigenvalue weighted by Gasteiger charge is -1.99. The summed E-state index contributed by atoms with van der Waals surface area (Å²) in [6.45, 7) is 0. The fourth-order valence-electron chi connectivity index (χ4n) is 2.40. The van der Waals surface area contributed by atoms with E-state index in [9.17, 15) is 0 Å². The maximum absolute atomic E-state index is 9.10. The molecule has 0 bridgehead atoms. The van der Waals surface area contributed by atoms with Gasteiger partial charge in [-0.05, 0) is 24.5 Å². The smallest absolute Gasteiger partial charge is 0.142 e. The average molecular weight is 250 g/mol. The number of imidazole rings is 1. The molecule has 0 atom stereocenters. The van der Waals surface area contributed by atoms with Crippen molar-refractivity contribution in [3.8, 4) is 6.07 Å². The molecule has 1 N–H and O–H groups in total. The van der Waals surface area contributed by atoms with E-state index >= 15 is 0 Å². The highest BCUT2D eigenvalue weighted by Gasteiger charge is 2.09. The molecule has 0 saturated heterocycles. The Balaban J connectivity index is 1.85. The number of aromatic nitrogens is 3. The van der Waals surface area contributed by atoms with Crippen molar-refractivity contribution < 1.29 is 0 Å². The molecule has 2 aromatic heterocycles. The number of benzene rings is 1. The van der Waals surface area contributed by atoms with Gasteiger partial charge in [0.05, 0.1) is 12.0 Å². The van der Waals surface area contributed by atoms with Gasteiger partial charge in [0.25, 0.3) is 0 Å². The fourth-order valence-corrected chi connectivity index (χ4v) is 2.40. The first-order valence-electron chi connectivity index (χ1n) is 6.25. The number of fused-ring (bicyclic) bond motifs is 1. The summed E-state index contributed by atoms with van der Waals surface area (Å²) >= 11 is 0. The molecule has 1 aromatic carbocycles. The molecule has 4 heteroatoms. The van der Waals surface area contributed by atoms with Gasteiger partial charge in [-0.25, -0.2) is 4.98 Å². The monoisotopic (exact) mass is 250 g/mol. The predicted octanol–water partition coefficient (Wildman–Crippen LogP) is 2.56. The molecule has 0 spiro atoms. The van der Waals surface area contributed by atoms with Crippen LogP contribution in [0.15, 0.2) is 36.8 Å². The molecule has 2 heterocycles. The van der Waals surface area contributed by atoms with Crippen molar-refractivity contribution in [1.29, 1.82) is 5.26 Å². The Morgan fingerprint density at radius 2 is 2.16 bits per heavy atom. The van der Waals surface area contributed by atoms with Crippen molar-refractivity contribution >= 4 is 10.9 Å². The van der Waals surface area contributed by atoms with Gasteiger partial charge in [0.2, 0.25) is 0 Å². The fraction of sp³-hybridized carbons (Fsp3) is 0.200. The van der Waals surface area contributed by atoms with Gasteiger partial charge < -0.3 is 9.55 Å². The van der Waals surface area contributed by atoms with E-state index in [0.29, 0.717) is 5.69 Å². The Kier molecular flexibility index (Phi) is 2.81. The number of nitrogens with zero attached hydrogens (tertiary/aromatic N) is 3. The number of hydrogen-bond acceptors (Lipinski definition) is 2. The number of nitrogens with one attached hydrogen (secondary N) is 1. The minimum absolute atomic E-state index is 0.653. The number of aryl methyl sites for hydroxylation is 3. The highest BCUT2D eigenvalue weighted by molar-refractivity contribution is 5.83. The summed E-state index contributed by atoms with van der Waals surface area (Å²) in [6.07, 6.45) is 5.41. The lowest BCUT2D eigenvalue weighted by atomic mass is 10.1. The van der Waals surface area contributed by atoms with Gasteiger partial charge in [-0.3, -0.25) is 0 Å². The summed E-state index contributed by atoms with van der Waals surface area (Å²) in [5, 5.41) is 10.3. The Labute approximate surface area is 111 Å². The number of hydrogen-bond donors (Lipinski definition) is 1. The van der Waals surface area contributed by atoms with Gasteiger partial charge in [-0.15, -0.1) is 0 Å². The summed E-state index contributed by atoms with van der Waals surface area (Å²) in [5.74, 6) is 0. The molecule has 3 rings (SSSR count). The van der Waals surface area contributed by atoms with Crippen LogP contribution in [-0.2, 0) is 19.9 Å². The van der Waals surface area contributed by atoms with Crippen LogP contribution in [0.1, 0.15) is 17.0 Å². The van der Waals surface area contributed by atoms with E-state index in [-0.39, 0.29) is 0 Å². The van der Waals surface area contributed by atoms with Crippen LogP contribution in [0, 0.1) is 11.3 Å². The predicted molar refractivity (Wildman–Crippen MR) is 73.6 cm³/mol. The minimum Gasteiger partial charge on any atom is -0.361 e. The second-order valence-electron chi connectivity index (χ2n) is 4.62. The first-order valence-corrected chi connectivity index (χ1v) is 6.25. The van der Waals surface area contributed by atoms with E-state index in [4.69, 9.17) is 5.26 Å². The molecule has 0 radical (unpaired) electrons. The largest absolute Gasteiger partial charge is 0.361 e. The molecule has 19 heavy (non-hydrogen) atoms. The van der Waals surface area contributed by atoms with Crippen molar-refractivity contribution in [2.24, 2.45) is 7.05 Å². The van der Waals surface area contributed by atoms with E-state index in [1.165, 1.54) is 10.9 Å². The molecular weight excluding hydrogens is 236 g/mol. The highest BCUT2D eigenvalue weighted by Crippen LogP contribution is 2.19. The molecule has 0 aliphatic heterocycles. The third-order valence-electron chi connectivity index (χ3n) is 3.42. The van der Waals surface area contributed by atoms with Crippen molar-refractivity contribution in [3.63, 3.8) is 0 Å². The van der Waals surface area contributed by atoms with Crippen LogP contribution in [0.3, 0.4) is 0 Å². The Hall–Kier alpha value is -2.54. The van der Waals surface area contributed by atoms with E-state index in [2.05, 4.69) is 28.2 Å². The van der Waals surface area contributed by atoms with Crippen LogP contribution < -0.4 is 0 Å². The van der Waals surface area contributed by atoms with Gasteiger partial charge in [0.15, 0.2) is 0 Å². The van der Waals surface area contributed by atoms with Gasteiger partial charge in [-0.2, -0.15) is 5.26 Å². The number of H-pyrrole nitrogens is 1. The van der Waals surface area contributed by atoms with Crippen molar-refractivity contribution in [1.82, 2.24) is 14.5 Å². The highest BCUT2D eigenvalue weighted by atomic mass is 15.0. The maximum atomic E-state index is 9.10. The molecule has 0 saturated carbocycles. The number of rotatable bonds is 3. The zero-order valence-corrected chi connectivity index (χ0v) is 10.7. The van der Waals surface area contributed by atoms with Crippen LogP contribution >= 0.6 is 0 Å². The van der Waals surface area contributed by atoms with Crippen LogP contribution in [0.4, 0.5) is 0 Å². The summed E-state index contributed by atoms with van der Waals surface area (Å²) in [6, 6.07) is 10.5. The van der Waals surface area contributed by atoms with Crippen molar-refractivity contribution in [3.05, 3.63) is 53.7 Å². The van der Waals surface area contributed by atoms with Crippen molar-refractivity contribution in [2.75, 3.05) is 0 Å². The molecule has 0 aliphatic carbocycles. The standard InChI is InChI=1S/C15H14N4/c1-19-10-18-14(15(19)8-16)7-6-11-9-17-13-5-3-2-4-12(11)13/h2-5,9-10,17H,6-7H2,1H3. The minimum atomic E-state index is 0.653. The first kappa shape index (κ1) is 11.5. The lowest BCUT2D eigenvalue weighted by molar-refractivity contribution is 0.885. The lowest BCUT2D eigenvalue weighted by Crippen LogP contribution is -1.96. The quantitative estimate of drug-likeness (QED) is 0.776. The van der Waals surface area contributed by atoms with Crippen LogP contribution in [0.25, 0.3) is 10.9 Å². The van der Waals surface area contributed by atoms with Gasteiger partial charge >= 0.3 is 0 Å². The molecule has 0 fully saturated rings. The number of nitriles is 1. The van der Waals surface area contributed by atoms with E-state index in [1.807, 2.05) is 25.4 Å². The third-order valence-corrected chi connectivity index (χ3v) is 3.42. The summed E-state index contributed by atoms with van der Waals surface area (Å²) in [7, 11) is 1.85. The molecule has 0 amide bonds. The van der Waals surface area contributed by atoms with Gasteiger partial charge in [0, 0.05) is 24.1 Å². The van der Waals surface area contributed by atoms with Gasteiger partial charge in [-0.1, -0.05) is 18.2 Å². The first-order chi connectivity index (χ1) is 9.29. The SMILES string of the molecule is Cn1cnc(CCc2c[nH]c3ccccc23)c1C#N. The molecule has 3 aromatic rings. The summed E-state index contributed by atoms with van der Waals surface area (Å²) in [4.78, 5) is 7.56. The zero-order chi connectivity index (χ0) is 13.2. The Morgan fingerprint density at radius 1 is 1.32 bits per heavy atom. The second kappa shape index (κ2) is 4.62. The normalized spacial score (nSPS) is 10.7. The number of aromatic amines is 1. The van der Waals surface area contributed by atoms with Gasteiger partial charge in [0.1, 0.15) is 11.8 Å². The Bertz CT molecular complexity index is 758. The maximum Gasteiger partial charge on any atom is 0.142 e. The van der Waals surface area contributed by atoms with Crippen molar-refractivity contribution in [2.45, 2.75) is 12.8 Å². The van der Waals surface area contributed by atoms with E-state index in [0.717, 1.165) is 24.1 Å². The average Bonchev–Trinajstić information content (AvgIpc) is 3.00. The topological polar surface area (TPSA) is 57.4 Å². The molecule has 94 valence electrons. The van der Waals surface area contributed by atoms with Crippen LogP contribution in [0.2, 0.25) is 0 Å². The second-order valence-corrected chi connectivity index (χ2v) is 4.62. The Morgan fingerprint density at radius 3 is 3.00 bits per heavy atom. The summed E-state index contributed by atoms with van der Waals surface area (Å²) < 4.78 is 1.77. The van der Waals surface area contributed by atoms with E-state index in [1.54, 1.807) is 10.9 Å². The molecule has 0 unspecified atom stereocenters. The van der Waals surface area contributed by atoms with Crippen LogP contribution in [0.5, 0.6) is 0 Å². The van der Waals surface area contributed by atoms with E-state index < -0.39 is 0 Å². The molecular formula is C15H14N4.